The molecule has 0 unspecified atom stereocenters. The number of nitrogens with zero attached hydrogens (tertiary/aromatic N) is 1. The van der Waals surface area contributed by atoms with Crippen molar-refractivity contribution < 1.29 is 14.4 Å². The van der Waals surface area contributed by atoms with Crippen LogP contribution in [0.3, 0.4) is 0 Å². The summed E-state index contributed by atoms with van der Waals surface area (Å²) in [5, 5.41) is 1.97. The summed E-state index contributed by atoms with van der Waals surface area (Å²) in [6.07, 6.45) is 2.16. The second-order valence-electron chi connectivity index (χ2n) is 4.09. The summed E-state index contributed by atoms with van der Waals surface area (Å²) in [5.41, 5.74) is 0. The summed E-state index contributed by atoms with van der Waals surface area (Å²) >= 11 is 3.50. The van der Waals surface area contributed by atoms with E-state index in [0.717, 1.165) is 19.4 Å². The van der Waals surface area contributed by atoms with Crippen molar-refractivity contribution in [2.45, 2.75) is 29.8 Å². The Bertz CT molecular complexity index is 273. The van der Waals surface area contributed by atoms with Crippen molar-refractivity contribution in [2.24, 2.45) is 5.92 Å². The summed E-state index contributed by atoms with van der Waals surface area (Å²) in [5.74, 6) is -0.157. The molecule has 5 heteroatoms. The molecule has 3 aliphatic heterocycles. The minimum absolute atomic E-state index is 0.0125. The van der Waals surface area contributed by atoms with Crippen molar-refractivity contribution in [3.05, 3.63) is 0 Å². The van der Waals surface area contributed by atoms with Crippen LogP contribution in [0.1, 0.15) is 12.8 Å². The van der Waals surface area contributed by atoms with Gasteiger partial charge in [0, 0.05) is 6.54 Å². The van der Waals surface area contributed by atoms with Gasteiger partial charge >= 0.3 is 5.97 Å². The molecule has 0 bridgehead atoms. The Hall–Kier alpha value is -0.130. The predicted molar refractivity (Wildman–Crippen MR) is 51.8 cm³/mol. The van der Waals surface area contributed by atoms with Crippen molar-refractivity contribution in [1.29, 1.82) is 0 Å². The topological polar surface area (TPSA) is 38.8 Å². The quantitative estimate of drug-likeness (QED) is 0.476. The molecular weight excluding hydrogens is 250 g/mol. The molecule has 0 amide bonds. The number of hydrogen-bond donors (Lipinski definition) is 0. The highest BCUT2D eigenvalue weighted by Crippen LogP contribution is 2.40. The zero-order valence-corrected chi connectivity index (χ0v) is 9.27. The van der Waals surface area contributed by atoms with Crippen LogP contribution in [0.2, 0.25) is 0 Å². The van der Waals surface area contributed by atoms with E-state index in [9.17, 15) is 4.79 Å². The van der Waals surface area contributed by atoms with Crippen molar-refractivity contribution in [3.63, 3.8) is 0 Å². The molecule has 3 saturated heterocycles. The SMILES string of the molecule is O=C1OC[C@@H](Br)[C@H]2ON3CCC[C@@H]3[C@@H]12. The molecule has 3 aliphatic rings. The molecular formula is C9H12BrNO3. The number of carbonyl (C=O) groups excluding carboxylic acids is 1. The molecule has 0 aliphatic carbocycles. The van der Waals surface area contributed by atoms with Crippen LogP contribution in [-0.4, -0.2) is 41.2 Å². The van der Waals surface area contributed by atoms with Crippen LogP contribution in [0.25, 0.3) is 0 Å². The van der Waals surface area contributed by atoms with E-state index >= 15 is 0 Å². The number of carbonyl (C=O) groups is 1. The number of esters is 1. The van der Waals surface area contributed by atoms with Gasteiger partial charge in [-0.1, -0.05) is 15.9 Å². The fourth-order valence-electron chi connectivity index (χ4n) is 2.63. The molecule has 78 valence electrons. The van der Waals surface area contributed by atoms with E-state index in [-0.39, 0.29) is 28.9 Å². The van der Waals surface area contributed by atoms with Crippen LogP contribution in [0.15, 0.2) is 0 Å². The van der Waals surface area contributed by atoms with E-state index in [1.165, 1.54) is 0 Å². The number of hydroxylamine groups is 2. The van der Waals surface area contributed by atoms with Crippen molar-refractivity contribution in [1.82, 2.24) is 5.06 Å². The molecule has 14 heavy (non-hydrogen) atoms. The molecule has 3 heterocycles. The van der Waals surface area contributed by atoms with Gasteiger partial charge in [-0.15, -0.1) is 0 Å². The van der Waals surface area contributed by atoms with Gasteiger partial charge in [0.2, 0.25) is 0 Å². The highest BCUT2D eigenvalue weighted by molar-refractivity contribution is 9.09. The Morgan fingerprint density at radius 1 is 1.50 bits per heavy atom. The van der Waals surface area contributed by atoms with Crippen molar-refractivity contribution in [2.75, 3.05) is 13.2 Å². The first-order valence-electron chi connectivity index (χ1n) is 5.01. The fourth-order valence-corrected chi connectivity index (χ4v) is 3.19. The molecule has 0 radical (unpaired) electrons. The number of cyclic esters (lactones) is 1. The summed E-state index contributed by atoms with van der Waals surface area (Å²) < 4.78 is 5.12. The highest BCUT2D eigenvalue weighted by atomic mass is 79.9. The first-order chi connectivity index (χ1) is 6.77. The van der Waals surface area contributed by atoms with Gasteiger partial charge in [0.05, 0.1) is 10.9 Å². The maximum absolute atomic E-state index is 11.6. The second kappa shape index (κ2) is 3.18. The molecule has 0 aromatic carbocycles. The number of fused-ring (bicyclic) bond motifs is 3. The summed E-state index contributed by atoms with van der Waals surface area (Å²) in [6.45, 7) is 1.38. The van der Waals surface area contributed by atoms with Gasteiger partial charge in [-0.3, -0.25) is 9.63 Å². The largest absolute Gasteiger partial charge is 0.464 e. The van der Waals surface area contributed by atoms with Crippen LogP contribution >= 0.6 is 15.9 Å². The minimum atomic E-state index is -0.0832. The van der Waals surface area contributed by atoms with Crippen LogP contribution in [-0.2, 0) is 14.4 Å². The Morgan fingerprint density at radius 3 is 3.21 bits per heavy atom. The van der Waals surface area contributed by atoms with Gasteiger partial charge in [0.15, 0.2) is 0 Å². The van der Waals surface area contributed by atoms with Gasteiger partial charge in [-0.25, -0.2) is 0 Å². The number of ether oxygens (including phenoxy) is 1. The normalized spacial score (nSPS) is 47.4. The second-order valence-corrected chi connectivity index (χ2v) is 5.27. The Kier molecular flexibility index (Phi) is 2.07. The number of alkyl halides is 1. The van der Waals surface area contributed by atoms with Crippen LogP contribution in [0.4, 0.5) is 0 Å². The van der Waals surface area contributed by atoms with Crippen LogP contribution in [0.5, 0.6) is 0 Å². The third-order valence-corrected chi connectivity index (χ3v) is 4.07. The zero-order chi connectivity index (χ0) is 9.71. The smallest absolute Gasteiger partial charge is 0.313 e. The lowest BCUT2D eigenvalue weighted by atomic mass is 9.90. The van der Waals surface area contributed by atoms with E-state index in [4.69, 9.17) is 9.57 Å². The molecule has 0 aromatic rings. The summed E-state index contributed by atoms with van der Waals surface area (Å²) in [6, 6.07) is 0.257. The molecule has 0 aromatic heterocycles. The fraction of sp³-hybridized carbons (Fsp3) is 0.889. The van der Waals surface area contributed by atoms with Gasteiger partial charge in [-0.05, 0) is 12.8 Å². The maximum Gasteiger partial charge on any atom is 0.313 e. The lowest BCUT2D eigenvalue weighted by Gasteiger charge is -2.28. The Morgan fingerprint density at radius 2 is 2.36 bits per heavy atom. The van der Waals surface area contributed by atoms with Crippen molar-refractivity contribution in [3.8, 4) is 0 Å². The van der Waals surface area contributed by atoms with Gasteiger partial charge in [-0.2, -0.15) is 5.06 Å². The van der Waals surface area contributed by atoms with E-state index in [0.29, 0.717) is 6.61 Å². The third kappa shape index (κ3) is 1.15. The van der Waals surface area contributed by atoms with E-state index in [1.54, 1.807) is 0 Å². The number of rotatable bonds is 0. The van der Waals surface area contributed by atoms with Gasteiger partial charge in [0.1, 0.15) is 18.6 Å². The maximum atomic E-state index is 11.6. The molecule has 0 spiro atoms. The van der Waals surface area contributed by atoms with E-state index < -0.39 is 0 Å². The van der Waals surface area contributed by atoms with Gasteiger partial charge in [0.25, 0.3) is 0 Å². The average molecular weight is 262 g/mol. The Labute approximate surface area is 90.6 Å². The lowest BCUT2D eigenvalue weighted by Crippen LogP contribution is -2.45. The first-order valence-corrected chi connectivity index (χ1v) is 5.93. The molecule has 4 atom stereocenters. The molecule has 3 fully saturated rings. The monoisotopic (exact) mass is 261 g/mol. The van der Waals surface area contributed by atoms with E-state index in [2.05, 4.69) is 15.9 Å². The first kappa shape index (κ1) is 9.12. The van der Waals surface area contributed by atoms with Gasteiger partial charge < -0.3 is 4.74 Å². The minimum Gasteiger partial charge on any atom is -0.464 e. The van der Waals surface area contributed by atoms with Crippen LogP contribution < -0.4 is 0 Å². The summed E-state index contributed by atoms with van der Waals surface area (Å²) in [7, 11) is 0. The molecule has 0 N–H and O–H groups in total. The van der Waals surface area contributed by atoms with E-state index in [1.807, 2.05) is 5.06 Å². The van der Waals surface area contributed by atoms with Crippen LogP contribution in [0, 0.1) is 5.92 Å². The number of halogens is 1. The average Bonchev–Trinajstić information content (AvgIpc) is 2.70. The summed E-state index contributed by atoms with van der Waals surface area (Å²) in [4.78, 5) is 17.5. The standard InChI is InChI=1S/C9H12BrNO3/c10-5-4-13-9(12)7-6-2-1-3-11(6)14-8(5)7/h5-8H,1-4H2/t5-,6-,7-,8-/m1/s1. The zero-order valence-electron chi connectivity index (χ0n) is 7.69. The predicted octanol–water partition coefficient (Wildman–Crippen LogP) is 0.701. The Balaban J connectivity index is 1.88. The lowest BCUT2D eigenvalue weighted by molar-refractivity contribution is -0.168. The third-order valence-electron chi connectivity index (χ3n) is 3.29. The molecule has 0 saturated carbocycles. The number of hydrogen-bond acceptors (Lipinski definition) is 4. The van der Waals surface area contributed by atoms with Crippen molar-refractivity contribution >= 4 is 21.9 Å². The molecule has 4 nitrogen and oxygen atoms in total. The molecule has 3 rings (SSSR count). The highest BCUT2D eigenvalue weighted by Gasteiger charge is 2.54.